The van der Waals surface area contributed by atoms with Crippen molar-refractivity contribution in [3.63, 3.8) is 0 Å². The van der Waals surface area contributed by atoms with Gasteiger partial charge >= 0.3 is 5.97 Å². The molecule has 0 N–H and O–H groups in total. The molecule has 0 bridgehead atoms. The minimum Gasteiger partial charge on any atom is -0.497 e. The molecule has 2 aromatic carbocycles. The van der Waals surface area contributed by atoms with Crippen LogP contribution >= 0.6 is 11.3 Å². The van der Waals surface area contributed by atoms with Crippen LogP contribution in [0.3, 0.4) is 0 Å². The number of carbonyl (C=O) groups is 1. The van der Waals surface area contributed by atoms with Crippen molar-refractivity contribution in [2.45, 2.75) is 46.1 Å². The first-order valence-corrected chi connectivity index (χ1v) is 12.4. The standard InChI is InChI=1S/C28H30N2O4S/c1-7-34-26(32)23-17(2)29-27-30(24(23)19-10-14-21(33-6)15-11-19)25(31)22(35-27)16-18-8-12-20(13-9-18)28(3,4)5/h8-16,24H,7H2,1-6H3/b22-16-. The van der Waals surface area contributed by atoms with E-state index in [9.17, 15) is 9.59 Å². The van der Waals surface area contributed by atoms with E-state index in [2.05, 4.69) is 37.9 Å². The third-order valence-corrected chi connectivity index (χ3v) is 7.01. The molecule has 1 aliphatic rings. The smallest absolute Gasteiger partial charge is 0.338 e. The lowest BCUT2D eigenvalue weighted by molar-refractivity contribution is -0.139. The molecule has 0 fully saturated rings. The van der Waals surface area contributed by atoms with Gasteiger partial charge in [-0.3, -0.25) is 9.36 Å². The number of rotatable bonds is 5. The molecule has 1 aliphatic heterocycles. The quantitative estimate of drug-likeness (QED) is 0.505. The van der Waals surface area contributed by atoms with Crippen LogP contribution in [0.25, 0.3) is 6.08 Å². The molecule has 0 radical (unpaired) electrons. The highest BCUT2D eigenvalue weighted by atomic mass is 32.1. The molecule has 182 valence electrons. The van der Waals surface area contributed by atoms with E-state index >= 15 is 0 Å². The van der Waals surface area contributed by atoms with Gasteiger partial charge in [0.2, 0.25) is 0 Å². The van der Waals surface area contributed by atoms with Gasteiger partial charge in [0.1, 0.15) is 5.75 Å². The first-order valence-electron chi connectivity index (χ1n) is 11.6. The number of hydrogen-bond acceptors (Lipinski definition) is 6. The van der Waals surface area contributed by atoms with Crippen LogP contribution in [0.15, 0.2) is 69.6 Å². The van der Waals surface area contributed by atoms with Gasteiger partial charge in [0.25, 0.3) is 5.56 Å². The summed E-state index contributed by atoms with van der Waals surface area (Å²) < 4.78 is 12.8. The average molecular weight is 491 g/mol. The number of esters is 1. The van der Waals surface area contributed by atoms with E-state index in [4.69, 9.17) is 9.47 Å². The normalized spacial score (nSPS) is 16.1. The first-order chi connectivity index (χ1) is 16.6. The molecule has 0 spiro atoms. The molecule has 4 rings (SSSR count). The van der Waals surface area contributed by atoms with Crippen molar-refractivity contribution >= 4 is 23.4 Å². The van der Waals surface area contributed by atoms with Gasteiger partial charge in [0.05, 0.1) is 35.6 Å². The maximum absolute atomic E-state index is 13.7. The largest absolute Gasteiger partial charge is 0.497 e. The number of allylic oxidation sites excluding steroid dienone is 1. The highest BCUT2D eigenvalue weighted by molar-refractivity contribution is 7.07. The zero-order chi connectivity index (χ0) is 25.3. The van der Waals surface area contributed by atoms with Gasteiger partial charge in [0.15, 0.2) is 4.80 Å². The molecule has 0 amide bonds. The van der Waals surface area contributed by atoms with Crippen molar-refractivity contribution in [2.75, 3.05) is 13.7 Å². The number of ether oxygens (including phenoxy) is 2. The van der Waals surface area contributed by atoms with Crippen LogP contribution in [0.1, 0.15) is 57.4 Å². The van der Waals surface area contributed by atoms with Gasteiger partial charge in [-0.25, -0.2) is 9.79 Å². The molecule has 3 aromatic rings. The zero-order valence-electron chi connectivity index (χ0n) is 20.9. The first kappa shape index (κ1) is 24.7. The second-order valence-electron chi connectivity index (χ2n) is 9.45. The molecule has 6 nitrogen and oxygen atoms in total. The number of thiazole rings is 1. The van der Waals surface area contributed by atoms with E-state index in [-0.39, 0.29) is 17.6 Å². The summed E-state index contributed by atoms with van der Waals surface area (Å²) in [5.41, 5.74) is 3.72. The molecule has 0 saturated heterocycles. The topological polar surface area (TPSA) is 69.9 Å². The predicted octanol–water partition coefficient (Wildman–Crippen LogP) is 4.10. The van der Waals surface area contributed by atoms with Crippen molar-refractivity contribution in [3.8, 4) is 5.75 Å². The average Bonchev–Trinajstić information content (AvgIpc) is 3.12. The number of hydrogen-bond donors (Lipinski definition) is 0. The lowest BCUT2D eigenvalue weighted by atomic mass is 9.87. The molecule has 1 unspecified atom stereocenters. The number of aromatic nitrogens is 1. The van der Waals surface area contributed by atoms with Crippen molar-refractivity contribution in [3.05, 3.63) is 96.2 Å². The summed E-state index contributed by atoms with van der Waals surface area (Å²) >= 11 is 1.32. The van der Waals surface area contributed by atoms with Crippen molar-refractivity contribution in [2.24, 2.45) is 4.99 Å². The number of carbonyl (C=O) groups excluding carboxylic acids is 1. The van der Waals surface area contributed by atoms with Crippen LogP contribution in [-0.2, 0) is 14.9 Å². The Labute approximate surface area is 208 Å². The summed E-state index contributed by atoms with van der Waals surface area (Å²) in [6.45, 7) is 10.3. The summed E-state index contributed by atoms with van der Waals surface area (Å²) in [4.78, 5) is 31.8. The fourth-order valence-corrected chi connectivity index (χ4v) is 5.17. The summed E-state index contributed by atoms with van der Waals surface area (Å²) in [7, 11) is 1.60. The van der Waals surface area contributed by atoms with Gasteiger partial charge in [-0.1, -0.05) is 68.5 Å². The Balaban J connectivity index is 1.88. The highest BCUT2D eigenvalue weighted by Gasteiger charge is 2.33. The highest BCUT2D eigenvalue weighted by Crippen LogP contribution is 2.31. The van der Waals surface area contributed by atoms with E-state index in [1.165, 1.54) is 16.9 Å². The number of benzene rings is 2. The lowest BCUT2D eigenvalue weighted by Gasteiger charge is -2.24. The van der Waals surface area contributed by atoms with Gasteiger partial charge in [-0.2, -0.15) is 0 Å². The molecule has 2 heterocycles. The van der Waals surface area contributed by atoms with Crippen LogP contribution in [0, 0.1) is 0 Å². The van der Waals surface area contributed by atoms with Gasteiger partial charge in [-0.05, 0) is 54.2 Å². The Bertz CT molecular complexity index is 1450. The summed E-state index contributed by atoms with van der Waals surface area (Å²) in [5, 5.41) is 0. The number of methoxy groups -OCH3 is 1. The summed E-state index contributed by atoms with van der Waals surface area (Å²) in [5.74, 6) is 0.222. The molecule has 7 heteroatoms. The van der Waals surface area contributed by atoms with Crippen molar-refractivity contribution in [1.82, 2.24) is 4.57 Å². The second-order valence-corrected chi connectivity index (χ2v) is 10.5. The fraction of sp³-hybridized carbons (Fsp3) is 0.321. The Morgan fingerprint density at radius 1 is 1.11 bits per heavy atom. The van der Waals surface area contributed by atoms with Gasteiger partial charge in [0, 0.05) is 0 Å². The SMILES string of the molecule is CCOC(=O)C1=C(C)N=c2s/c(=C\c3ccc(C(C)(C)C)cc3)c(=O)n2C1c1ccc(OC)cc1. The van der Waals surface area contributed by atoms with Gasteiger partial charge in [-0.15, -0.1) is 0 Å². The molecular weight excluding hydrogens is 460 g/mol. The Morgan fingerprint density at radius 2 is 1.77 bits per heavy atom. The molecule has 0 saturated carbocycles. The Hall–Kier alpha value is -3.45. The van der Waals surface area contributed by atoms with Crippen LogP contribution in [-0.4, -0.2) is 24.3 Å². The molecular formula is C28H30N2O4S. The van der Waals surface area contributed by atoms with E-state index < -0.39 is 12.0 Å². The van der Waals surface area contributed by atoms with E-state index in [0.717, 1.165) is 11.1 Å². The monoisotopic (exact) mass is 490 g/mol. The lowest BCUT2D eigenvalue weighted by Crippen LogP contribution is -2.39. The third-order valence-electron chi connectivity index (χ3n) is 6.02. The van der Waals surface area contributed by atoms with Crippen LogP contribution in [0.2, 0.25) is 0 Å². The Morgan fingerprint density at radius 3 is 2.34 bits per heavy atom. The predicted molar refractivity (Wildman–Crippen MR) is 139 cm³/mol. The molecule has 0 aliphatic carbocycles. The van der Waals surface area contributed by atoms with Crippen molar-refractivity contribution in [1.29, 1.82) is 0 Å². The zero-order valence-corrected chi connectivity index (χ0v) is 21.7. The van der Waals surface area contributed by atoms with E-state index in [0.29, 0.717) is 26.4 Å². The van der Waals surface area contributed by atoms with Crippen molar-refractivity contribution < 1.29 is 14.3 Å². The van der Waals surface area contributed by atoms with E-state index in [1.807, 2.05) is 42.5 Å². The molecule has 35 heavy (non-hydrogen) atoms. The maximum atomic E-state index is 13.7. The Kier molecular flexibility index (Phi) is 6.81. The number of nitrogens with zero attached hydrogens (tertiary/aromatic N) is 2. The van der Waals surface area contributed by atoms with Crippen LogP contribution < -0.4 is 19.6 Å². The summed E-state index contributed by atoms with van der Waals surface area (Å²) in [6.07, 6.45) is 1.88. The third kappa shape index (κ3) is 4.86. The van der Waals surface area contributed by atoms with Gasteiger partial charge < -0.3 is 9.47 Å². The van der Waals surface area contributed by atoms with Crippen LogP contribution in [0.5, 0.6) is 5.75 Å². The second kappa shape index (κ2) is 9.66. The molecule has 1 atom stereocenters. The van der Waals surface area contributed by atoms with Crippen LogP contribution in [0.4, 0.5) is 0 Å². The van der Waals surface area contributed by atoms with E-state index in [1.54, 1.807) is 25.5 Å². The maximum Gasteiger partial charge on any atom is 0.338 e. The minimum atomic E-state index is -0.637. The molecule has 1 aromatic heterocycles. The summed E-state index contributed by atoms with van der Waals surface area (Å²) in [6, 6.07) is 15.0. The minimum absolute atomic E-state index is 0.0528. The number of fused-ring (bicyclic) bond motifs is 1. The fourth-order valence-electron chi connectivity index (χ4n) is 4.12.